The largest absolute Gasteiger partial charge is 0.466 e. The minimum Gasteiger partial charge on any atom is -0.412 e. The van der Waals surface area contributed by atoms with E-state index >= 15 is 0 Å². The molecule has 1 aliphatic heterocycles. The number of piperidine rings is 1. The quantitative estimate of drug-likeness (QED) is 0.108. The summed E-state index contributed by atoms with van der Waals surface area (Å²) in [5, 5.41) is -5.84. The van der Waals surface area contributed by atoms with Crippen LogP contribution in [0.1, 0.15) is 45.4 Å². The first-order chi connectivity index (χ1) is 15.3. The van der Waals surface area contributed by atoms with E-state index in [-0.39, 0.29) is 13.1 Å². The van der Waals surface area contributed by atoms with Crippen LogP contribution in [0.2, 0.25) is 0 Å². The van der Waals surface area contributed by atoms with Crippen molar-refractivity contribution >= 4 is 22.0 Å². The van der Waals surface area contributed by atoms with Gasteiger partial charge in [-0.1, -0.05) is 6.58 Å². The van der Waals surface area contributed by atoms with E-state index in [2.05, 4.69) is 16.1 Å². The van der Waals surface area contributed by atoms with Crippen molar-refractivity contribution in [1.82, 2.24) is 4.90 Å². The predicted octanol–water partition coefficient (Wildman–Crippen LogP) is 3.68. The Kier molecular flexibility index (Phi) is 9.53. The van der Waals surface area contributed by atoms with Gasteiger partial charge in [0.2, 0.25) is 0 Å². The monoisotopic (exact) mass is 531 g/mol. The average Bonchev–Trinajstić information content (AvgIpc) is 2.70. The van der Waals surface area contributed by atoms with E-state index in [0.29, 0.717) is 19.3 Å². The molecule has 34 heavy (non-hydrogen) atoms. The smallest absolute Gasteiger partial charge is 0.412 e. The molecule has 0 aliphatic carbocycles. The Morgan fingerprint density at radius 1 is 1.00 bits per heavy atom. The highest BCUT2D eigenvalue weighted by Gasteiger charge is 2.68. The van der Waals surface area contributed by atoms with Crippen LogP contribution in [0.5, 0.6) is 0 Å². The Balaban J connectivity index is 3.05. The second kappa shape index (κ2) is 10.8. The van der Waals surface area contributed by atoms with Gasteiger partial charge in [0.05, 0.1) is 6.61 Å². The summed E-state index contributed by atoms with van der Waals surface area (Å²) in [6.45, 7) is 2.78. The molecule has 1 saturated heterocycles. The van der Waals surface area contributed by atoms with Crippen molar-refractivity contribution in [2.45, 2.75) is 68.6 Å². The predicted molar refractivity (Wildman–Crippen MR) is 101 cm³/mol. The third-order valence-corrected chi connectivity index (χ3v) is 5.77. The summed E-state index contributed by atoms with van der Waals surface area (Å²) in [5.41, 5.74) is -0.504. The molecule has 8 nitrogen and oxygen atoms in total. The number of esters is 1. The Morgan fingerprint density at radius 2 is 1.53 bits per heavy atom. The van der Waals surface area contributed by atoms with Gasteiger partial charge in [0.1, 0.15) is 0 Å². The molecule has 16 heteroatoms. The highest BCUT2D eigenvalue weighted by atomic mass is 32.2. The van der Waals surface area contributed by atoms with Crippen molar-refractivity contribution in [2.24, 2.45) is 0 Å². The van der Waals surface area contributed by atoms with E-state index in [1.807, 2.05) is 0 Å². The second-order valence-electron chi connectivity index (χ2n) is 7.64. The number of likely N-dealkylation sites (tertiary alicyclic amines) is 1. The number of hydrogen-bond acceptors (Lipinski definition) is 6. The third kappa shape index (κ3) is 6.59. The van der Waals surface area contributed by atoms with Crippen LogP contribution in [0, 0.1) is 0 Å². The molecule has 1 heterocycles. The Morgan fingerprint density at radius 3 is 1.97 bits per heavy atom. The van der Waals surface area contributed by atoms with Crippen molar-refractivity contribution in [3.8, 4) is 0 Å². The maximum atomic E-state index is 14.0. The molecule has 1 fully saturated rings. The Labute approximate surface area is 190 Å². The molecule has 0 aromatic carbocycles. The number of rotatable bonds is 11. The lowest BCUT2D eigenvalue weighted by atomic mass is 10.1. The summed E-state index contributed by atoms with van der Waals surface area (Å²) in [5.74, 6) is -12.8. The fraction of sp³-hybridized carbons (Fsp3) is 0.778. The van der Waals surface area contributed by atoms with Gasteiger partial charge >= 0.3 is 45.1 Å². The number of carbonyl (C=O) groups excluding carboxylic acids is 2. The molecule has 0 radical (unpaired) electrons. The first-order valence-electron chi connectivity index (χ1n) is 9.92. The zero-order chi connectivity index (χ0) is 26.6. The molecule has 1 amide bonds. The molecule has 1 N–H and O–H groups in total. The zero-order valence-corrected chi connectivity index (χ0v) is 18.8. The molecule has 1 atom stereocenters. The van der Waals surface area contributed by atoms with Gasteiger partial charge in [-0.25, -0.2) is 4.79 Å². The maximum absolute atomic E-state index is 14.0. The third-order valence-electron chi connectivity index (χ3n) is 4.82. The Bertz CT molecular complexity index is 870. The van der Waals surface area contributed by atoms with Gasteiger partial charge in [-0.15, -0.1) is 0 Å². The van der Waals surface area contributed by atoms with Gasteiger partial charge < -0.3 is 14.4 Å². The highest BCUT2D eigenvalue weighted by Crippen LogP contribution is 2.42. The molecule has 0 spiro atoms. The van der Waals surface area contributed by atoms with Crippen LogP contribution in [-0.2, 0) is 29.2 Å². The second-order valence-corrected chi connectivity index (χ2v) is 9.10. The standard InChI is InChI=1S/C18H24F7NO7S/c1-12(2)13(27)33-16(17(21,22)23,14(28)26-9-5-3-6-10-26)32-11-7-4-8-15(19,20)18(24,25)34(29,30)31/h1,3-11H2,2H3,(H,29,30,31). The van der Waals surface area contributed by atoms with Crippen molar-refractivity contribution in [3.63, 3.8) is 0 Å². The summed E-state index contributed by atoms with van der Waals surface area (Å²) >= 11 is 0. The number of halogens is 7. The fourth-order valence-corrected chi connectivity index (χ4v) is 3.40. The van der Waals surface area contributed by atoms with E-state index in [4.69, 9.17) is 4.55 Å². The minimum atomic E-state index is -6.47. The van der Waals surface area contributed by atoms with E-state index < -0.39 is 76.6 Å². The first kappa shape index (κ1) is 30.1. The molecule has 0 bridgehead atoms. The van der Waals surface area contributed by atoms with Gasteiger partial charge in [-0.05, 0) is 39.0 Å². The minimum absolute atomic E-state index is 0.0957. The summed E-state index contributed by atoms with van der Waals surface area (Å²) in [6.07, 6.45) is -7.90. The fourth-order valence-electron chi connectivity index (χ4n) is 2.92. The summed E-state index contributed by atoms with van der Waals surface area (Å²) in [6, 6.07) is 0. The number of nitrogens with zero attached hydrogens (tertiary/aromatic N) is 1. The normalized spacial score (nSPS) is 17.7. The summed E-state index contributed by atoms with van der Waals surface area (Å²) in [7, 11) is -6.47. The molecule has 1 aliphatic rings. The summed E-state index contributed by atoms with van der Waals surface area (Å²) in [4.78, 5) is 25.4. The molecule has 0 saturated carbocycles. The van der Waals surface area contributed by atoms with E-state index in [1.165, 1.54) is 0 Å². The molecule has 198 valence electrons. The molecule has 1 rings (SSSR count). The van der Waals surface area contributed by atoms with Crippen LogP contribution in [0.4, 0.5) is 30.7 Å². The molecular weight excluding hydrogens is 507 g/mol. The van der Waals surface area contributed by atoms with Crippen molar-refractivity contribution in [3.05, 3.63) is 12.2 Å². The van der Waals surface area contributed by atoms with Crippen molar-refractivity contribution in [1.29, 1.82) is 0 Å². The number of carbonyl (C=O) groups is 2. The van der Waals surface area contributed by atoms with Crippen LogP contribution in [0.15, 0.2) is 12.2 Å². The lowest BCUT2D eigenvalue weighted by Gasteiger charge is -2.38. The Hall–Kier alpha value is -1.94. The lowest BCUT2D eigenvalue weighted by molar-refractivity contribution is -0.350. The van der Waals surface area contributed by atoms with E-state index in [9.17, 15) is 48.7 Å². The van der Waals surface area contributed by atoms with E-state index in [1.54, 1.807) is 0 Å². The zero-order valence-electron chi connectivity index (χ0n) is 18.0. The van der Waals surface area contributed by atoms with Gasteiger partial charge in [0, 0.05) is 25.1 Å². The summed E-state index contributed by atoms with van der Waals surface area (Å²) < 4.78 is 134. The van der Waals surface area contributed by atoms with Crippen LogP contribution in [0.25, 0.3) is 0 Å². The number of alkyl halides is 7. The van der Waals surface area contributed by atoms with Crippen LogP contribution in [0.3, 0.4) is 0 Å². The van der Waals surface area contributed by atoms with Crippen molar-refractivity contribution < 1.29 is 62.8 Å². The number of amides is 1. The van der Waals surface area contributed by atoms with Crippen LogP contribution >= 0.6 is 0 Å². The van der Waals surface area contributed by atoms with Crippen LogP contribution < -0.4 is 0 Å². The number of hydrogen-bond donors (Lipinski definition) is 1. The SMILES string of the molecule is C=C(C)C(=O)OC(OCCCCC(F)(F)C(F)(F)S(=O)(=O)O)(C(=O)N1CCCCC1)C(F)(F)F. The molecule has 0 aromatic heterocycles. The van der Waals surface area contributed by atoms with Gasteiger partial charge in [0.15, 0.2) is 0 Å². The average molecular weight is 531 g/mol. The topological polar surface area (TPSA) is 110 Å². The van der Waals surface area contributed by atoms with Gasteiger partial charge in [-0.2, -0.15) is 39.2 Å². The highest BCUT2D eigenvalue weighted by molar-refractivity contribution is 7.87. The van der Waals surface area contributed by atoms with Crippen molar-refractivity contribution in [2.75, 3.05) is 19.7 Å². The van der Waals surface area contributed by atoms with Gasteiger partial charge in [-0.3, -0.25) is 9.35 Å². The van der Waals surface area contributed by atoms with Gasteiger partial charge in [0.25, 0.3) is 0 Å². The molecular formula is C18H24F7NO7S. The number of unbranched alkanes of at least 4 members (excludes halogenated alkanes) is 1. The number of ether oxygens (including phenoxy) is 2. The molecule has 1 unspecified atom stereocenters. The first-order valence-corrected chi connectivity index (χ1v) is 11.4. The van der Waals surface area contributed by atoms with Crippen LogP contribution in [-0.4, -0.2) is 72.6 Å². The maximum Gasteiger partial charge on any atom is 0.466 e. The molecule has 0 aromatic rings. The van der Waals surface area contributed by atoms with E-state index in [0.717, 1.165) is 11.8 Å². The lowest BCUT2D eigenvalue weighted by Crippen LogP contribution is -2.63.